The fourth-order valence-electron chi connectivity index (χ4n) is 2.99. The van der Waals surface area contributed by atoms with Gasteiger partial charge in [-0.25, -0.2) is 4.39 Å². The Hall–Kier alpha value is -3.05. The van der Waals surface area contributed by atoms with Gasteiger partial charge in [-0.1, -0.05) is 49.2 Å². The minimum atomic E-state index is -0.459. The molecule has 0 N–H and O–H groups in total. The molecule has 0 bridgehead atoms. The number of rotatable bonds is 3. The number of benzene rings is 2. The maximum atomic E-state index is 13.9. The normalized spacial score (nSPS) is 10.0. The number of thiocarbonyl (C=S) groups is 1. The highest BCUT2D eigenvalue weighted by Gasteiger charge is 2.05. The van der Waals surface area contributed by atoms with Gasteiger partial charge in [-0.2, -0.15) is 4.99 Å². The van der Waals surface area contributed by atoms with Crippen molar-refractivity contribution in [2.45, 2.75) is 19.8 Å². The van der Waals surface area contributed by atoms with E-state index in [1.165, 1.54) is 11.6 Å². The molecule has 0 atom stereocenters. The molecular weight excluding hydrogens is 441 g/mol. The zero-order valence-corrected chi connectivity index (χ0v) is 19.1. The van der Waals surface area contributed by atoms with Crippen LogP contribution >= 0.6 is 34.9 Å². The Balaban J connectivity index is 1.49. The highest BCUT2D eigenvalue weighted by molar-refractivity contribution is 7.78. The number of nitrogens with zero attached hydrogens (tertiary/aromatic N) is 1. The maximum Gasteiger partial charge on any atom is 0.150 e. The third kappa shape index (κ3) is 5.36. The van der Waals surface area contributed by atoms with E-state index in [0.29, 0.717) is 5.56 Å². The lowest BCUT2D eigenvalue weighted by atomic mass is 10.1. The molecule has 2 aromatic carbocycles. The van der Waals surface area contributed by atoms with E-state index in [-0.39, 0.29) is 5.69 Å². The lowest BCUT2D eigenvalue weighted by molar-refractivity contribution is 0.629. The summed E-state index contributed by atoms with van der Waals surface area (Å²) in [5, 5.41) is 2.17. The van der Waals surface area contributed by atoms with E-state index < -0.39 is 5.82 Å². The van der Waals surface area contributed by atoms with Gasteiger partial charge in [-0.05, 0) is 66.7 Å². The summed E-state index contributed by atoms with van der Waals surface area (Å²) in [5.41, 5.74) is 3.13. The fourth-order valence-corrected chi connectivity index (χ4v) is 5.20. The molecule has 0 fully saturated rings. The second-order valence-corrected chi connectivity index (χ2v) is 9.12. The lowest BCUT2D eigenvalue weighted by Gasteiger charge is -1.97. The number of hydrogen-bond acceptors (Lipinski definition) is 4. The molecule has 2 heterocycles. The van der Waals surface area contributed by atoms with Gasteiger partial charge < -0.3 is 0 Å². The van der Waals surface area contributed by atoms with Gasteiger partial charge in [0.25, 0.3) is 0 Å². The van der Waals surface area contributed by atoms with Gasteiger partial charge in [0, 0.05) is 20.5 Å². The first-order chi connectivity index (χ1) is 15.1. The summed E-state index contributed by atoms with van der Waals surface area (Å²) in [6.45, 7) is 2.18. The molecule has 4 aromatic rings. The van der Waals surface area contributed by atoms with Crippen molar-refractivity contribution >= 4 is 55.1 Å². The van der Waals surface area contributed by atoms with E-state index in [2.05, 4.69) is 89.4 Å². The van der Waals surface area contributed by atoms with E-state index >= 15 is 0 Å². The van der Waals surface area contributed by atoms with Crippen LogP contribution in [0, 0.1) is 29.5 Å². The number of aryl methyl sites for hydroxylation is 1. The summed E-state index contributed by atoms with van der Waals surface area (Å²) in [4.78, 5) is 5.65. The number of halogens is 1. The molecule has 0 saturated heterocycles. The molecule has 0 aliphatic heterocycles. The molecule has 0 aliphatic rings. The quantitative estimate of drug-likeness (QED) is 0.175. The summed E-state index contributed by atoms with van der Waals surface area (Å²) >= 11 is 7.79. The first-order valence-electron chi connectivity index (χ1n) is 9.68. The molecule has 0 radical (unpaired) electrons. The van der Waals surface area contributed by atoms with Gasteiger partial charge in [0.05, 0.1) is 14.9 Å². The number of thiophene rings is 2. The summed E-state index contributed by atoms with van der Waals surface area (Å²) < 4.78 is 16.2. The maximum absolute atomic E-state index is 13.9. The van der Waals surface area contributed by atoms with Gasteiger partial charge in [-0.3, -0.25) is 0 Å². The first-order valence-corrected chi connectivity index (χ1v) is 11.7. The third-order valence-electron chi connectivity index (χ3n) is 4.47. The monoisotopic (exact) mass is 457 g/mol. The van der Waals surface area contributed by atoms with Crippen LogP contribution in [0.25, 0.3) is 9.40 Å². The molecule has 0 amide bonds. The third-order valence-corrected chi connectivity index (χ3v) is 6.69. The zero-order chi connectivity index (χ0) is 21.6. The Morgan fingerprint density at radius 1 is 0.839 bits per heavy atom. The second kappa shape index (κ2) is 9.84. The molecule has 150 valence electrons. The van der Waals surface area contributed by atoms with Gasteiger partial charge in [0.1, 0.15) is 5.69 Å². The molecule has 0 spiro atoms. The minimum Gasteiger partial charge on any atom is -0.205 e. The van der Waals surface area contributed by atoms with Crippen LogP contribution in [-0.4, -0.2) is 5.16 Å². The molecule has 0 aliphatic carbocycles. The first kappa shape index (κ1) is 21.2. The molecule has 0 saturated carbocycles. The highest BCUT2D eigenvalue weighted by atomic mass is 32.1. The Bertz CT molecular complexity index is 1380. The Labute approximate surface area is 194 Å². The second-order valence-electron chi connectivity index (χ2n) is 6.77. The van der Waals surface area contributed by atoms with Gasteiger partial charge >= 0.3 is 0 Å². The van der Waals surface area contributed by atoms with Crippen molar-refractivity contribution in [1.29, 1.82) is 0 Å². The molecule has 2 aromatic heterocycles. The number of fused-ring (bicyclic) bond motifs is 1. The van der Waals surface area contributed by atoms with Gasteiger partial charge in [-0.15, -0.1) is 22.7 Å². The highest BCUT2D eigenvalue weighted by Crippen LogP contribution is 2.32. The van der Waals surface area contributed by atoms with Crippen LogP contribution in [0.2, 0.25) is 0 Å². The Morgan fingerprint density at radius 3 is 2.03 bits per heavy atom. The molecule has 5 heteroatoms. The average Bonchev–Trinajstić information content (AvgIpc) is 3.32. The Morgan fingerprint density at radius 2 is 1.45 bits per heavy atom. The zero-order valence-electron chi connectivity index (χ0n) is 16.7. The summed E-state index contributed by atoms with van der Waals surface area (Å²) in [7, 11) is 0. The van der Waals surface area contributed by atoms with Crippen LogP contribution < -0.4 is 0 Å². The van der Waals surface area contributed by atoms with Crippen LogP contribution in [0.4, 0.5) is 10.1 Å². The van der Waals surface area contributed by atoms with E-state index in [1.54, 1.807) is 34.8 Å². The van der Waals surface area contributed by atoms with Crippen molar-refractivity contribution in [3.8, 4) is 23.7 Å². The van der Waals surface area contributed by atoms with Crippen molar-refractivity contribution in [1.82, 2.24) is 0 Å². The molecule has 4 rings (SSSR count). The van der Waals surface area contributed by atoms with Crippen LogP contribution in [0.3, 0.4) is 0 Å². The van der Waals surface area contributed by atoms with Crippen LogP contribution in [0.5, 0.6) is 0 Å². The summed E-state index contributed by atoms with van der Waals surface area (Å²) in [5.74, 6) is 12.2. The van der Waals surface area contributed by atoms with Crippen LogP contribution in [0.1, 0.15) is 39.8 Å². The molecule has 0 unspecified atom stereocenters. The van der Waals surface area contributed by atoms with Gasteiger partial charge in [0.15, 0.2) is 5.82 Å². The number of isothiocyanates is 1. The predicted octanol–water partition coefficient (Wildman–Crippen LogP) is 7.59. The lowest BCUT2D eigenvalue weighted by Crippen LogP contribution is -1.82. The largest absolute Gasteiger partial charge is 0.205 e. The summed E-state index contributed by atoms with van der Waals surface area (Å²) in [6, 6.07) is 17.3. The van der Waals surface area contributed by atoms with Crippen LogP contribution in [0.15, 0.2) is 59.6 Å². The van der Waals surface area contributed by atoms with E-state index in [0.717, 1.165) is 37.6 Å². The topological polar surface area (TPSA) is 12.4 Å². The van der Waals surface area contributed by atoms with E-state index in [9.17, 15) is 4.39 Å². The van der Waals surface area contributed by atoms with E-state index in [1.807, 2.05) is 0 Å². The van der Waals surface area contributed by atoms with Gasteiger partial charge in [0.2, 0.25) is 0 Å². The minimum absolute atomic E-state index is 0.169. The van der Waals surface area contributed by atoms with Crippen molar-refractivity contribution in [3.05, 3.63) is 86.9 Å². The van der Waals surface area contributed by atoms with Crippen molar-refractivity contribution in [2.24, 2.45) is 4.99 Å². The summed E-state index contributed by atoms with van der Waals surface area (Å²) in [6.07, 6.45) is 2.25. The van der Waals surface area contributed by atoms with Crippen molar-refractivity contribution in [2.75, 3.05) is 0 Å². The number of aliphatic imine (C=N–C) groups is 1. The smallest absolute Gasteiger partial charge is 0.150 e. The molecular formula is C26H16FNS3. The standard InChI is InChI=1S/C26H16FNS3/c1-2-3-18-4-6-19(7-5-18)8-11-21-15-25-26(30-21)16-22(31-25)12-9-20-10-13-24(28-17-29)23(27)14-20/h4-7,10,13-16H,2-3H2,1H3. The van der Waals surface area contributed by atoms with Crippen molar-refractivity contribution < 1.29 is 4.39 Å². The number of hydrogen-bond donors (Lipinski definition) is 0. The molecule has 1 nitrogen and oxygen atoms in total. The van der Waals surface area contributed by atoms with Crippen molar-refractivity contribution in [3.63, 3.8) is 0 Å². The fraction of sp³-hybridized carbons (Fsp3) is 0.115. The van der Waals surface area contributed by atoms with E-state index in [4.69, 9.17) is 0 Å². The Kier molecular flexibility index (Phi) is 6.73. The van der Waals surface area contributed by atoms with Crippen LogP contribution in [-0.2, 0) is 6.42 Å². The SMILES string of the molecule is CCCc1ccc(C#Cc2cc3sc(C#Cc4ccc(N=C=S)c(F)c4)cc3s2)cc1. The predicted molar refractivity (Wildman–Crippen MR) is 133 cm³/mol. The molecule has 31 heavy (non-hydrogen) atoms. The average molecular weight is 458 g/mol.